The molecule has 0 saturated carbocycles. The van der Waals surface area contributed by atoms with Crippen LogP contribution < -0.4 is 9.47 Å². The molecule has 0 aliphatic carbocycles. The van der Waals surface area contributed by atoms with E-state index in [-0.39, 0.29) is 18.7 Å². The number of benzene rings is 2. The van der Waals surface area contributed by atoms with E-state index in [1.807, 2.05) is 32.0 Å². The smallest absolute Gasteiger partial charge is 0.296 e. The van der Waals surface area contributed by atoms with Crippen LogP contribution in [-0.4, -0.2) is 41.6 Å². The van der Waals surface area contributed by atoms with Crippen LogP contribution in [0.1, 0.15) is 30.5 Å². The molecule has 0 fully saturated rings. The first kappa shape index (κ1) is 21.4. The zero-order valence-electron chi connectivity index (χ0n) is 17.8. The van der Waals surface area contributed by atoms with Crippen LogP contribution in [0.5, 0.6) is 11.5 Å². The van der Waals surface area contributed by atoms with Crippen molar-refractivity contribution in [1.82, 2.24) is 4.90 Å². The fourth-order valence-corrected chi connectivity index (χ4v) is 3.28. The maximum Gasteiger partial charge on any atom is 0.296 e. The number of ether oxygens (including phenoxy) is 2. The zero-order chi connectivity index (χ0) is 21.8. The molecular formula is C24H27NO5. The van der Waals surface area contributed by atoms with Crippen molar-refractivity contribution in [3.05, 3.63) is 64.9 Å². The monoisotopic (exact) mass is 409 g/mol. The highest BCUT2D eigenvalue weighted by Crippen LogP contribution is 2.29. The minimum absolute atomic E-state index is 0.00168. The molecule has 30 heavy (non-hydrogen) atoms. The number of imide groups is 1. The first-order valence-corrected chi connectivity index (χ1v) is 10.00. The highest BCUT2D eigenvalue weighted by Gasteiger charge is 2.39. The van der Waals surface area contributed by atoms with Crippen LogP contribution in [-0.2, 0) is 9.59 Å². The van der Waals surface area contributed by atoms with Gasteiger partial charge >= 0.3 is 0 Å². The summed E-state index contributed by atoms with van der Waals surface area (Å²) in [6.07, 6.45) is 0. The maximum absolute atomic E-state index is 12.8. The Morgan fingerprint density at radius 3 is 2.13 bits per heavy atom. The molecule has 0 spiro atoms. The number of carbonyl (C=O) groups is 2. The Balaban J connectivity index is 1.65. The van der Waals surface area contributed by atoms with Crippen molar-refractivity contribution in [1.29, 1.82) is 0 Å². The maximum atomic E-state index is 12.8. The van der Waals surface area contributed by atoms with Gasteiger partial charge in [-0.05, 0) is 60.7 Å². The van der Waals surface area contributed by atoms with E-state index in [1.165, 1.54) is 0 Å². The third kappa shape index (κ3) is 4.82. The number of aliphatic hydroxyl groups excluding tert-OH is 1. The zero-order valence-corrected chi connectivity index (χ0v) is 17.8. The fourth-order valence-electron chi connectivity index (χ4n) is 3.28. The summed E-state index contributed by atoms with van der Waals surface area (Å²) in [5, 5.41) is 10.3. The predicted octanol–water partition coefficient (Wildman–Crippen LogP) is 4.06. The summed E-state index contributed by atoms with van der Waals surface area (Å²) < 4.78 is 11.3. The summed E-state index contributed by atoms with van der Waals surface area (Å²) in [5.74, 6) is -0.0345. The van der Waals surface area contributed by atoms with Gasteiger partial charge in [0.15, 0.2) is 5.76 Å². The molecule has 0 unspecified atom stereocenters. The molecule has 0 radical (unpaired) electrons. The lowest BCUT2D eigenvalue weighted by atomic mass is 10.1. The number of rotatable bonds is 8. The van der Waals surface area contributed by atoms with Crippen molar-refractivity contribution >= 4 is 17.4 Å². The summed E-state index contributed by atoms with van der Waals surface area (Å²) in [4.78, 5) is 26.2. The summed E-state index contributed by atoms with van der Waals surface area (Å²) in [6.45, 7) is 8.83. The lowest BCUT2D eigenvalue weighted by molar-refractivity contribution is -0.138. The van der Waals surface area contributed by atoms with Crippen molar-refractivity contribution in [2.75, 3.05) is 19.8 Å². The Kier molecular flexibility index (Phi) is 6.45. The molecule has 0 atom stereocenters. The Labute approximate surface area is 176 Å². The van der Waals surface area contributed by atoms with E-state index in [1.54, 1.807) is 24.3 Å². The molecule has 2 amide bonds. The summed E-state index contributed by atoms with van der Waals surface area (Å²) in [5.41, 5.74) is 2.61. The van der Waals surface area contributed by atoms with E-state index < -0.39 is 17.6 Å². The van der Waals surface area contributed by atoms with Crippen molar-refractivity contribution in [3.63, 3.8) is 0 Å². The lowest BCUT2D eigenvalue weighted by Crippen LogP contribution is -2.35. The molecule has 1 heterocycles. The molecule has 1 aliphatic heterocycles. The molecule has 0 saturated heterocycles. The number of nitrogens with zero attached hydrogens (tertiary/aromatic N) is 1. The second-order valence-electron chi connectivity index (χ2n) is 7.89. The van der Waals surface area contributed by atoms with E-state index >= 15 is 0 Å². The standard InChI is InChI=1S/C24H27NO5/c1-15(2)14-30-19-7-5-18(6-8-19)21-22(26)24(28)25(23(21)27)9-10-29-20-12-16(3)11-17(4)13-20/h5-8,11-13,15,26H,9-10,14H2,1-4H3. The van der Waals surface area contributed by atoms with Crippen LogP contribution in [0, 0.1) is 19.8 Å². The summed E-state index contributed by atoms with van der Waals surface area (Å²) in [6, 6.07) is 12.6. The molecule has 1 N–H and O–H groups in total. The highest BCUT2D eigenvalue weighted by atomic mass is 16.5. The highest BCUT2D eigenvalue weighted by molar-refractivity contribution is 6.34. The van der Waals surface area contributed by atoms with Crippen molar-refractivity contribution in [3.8, 4) is 11.5 Å². The molecule has 2 aromatic carbocycles. The van der Waals surface area contributed by atoms with Gasteiger partial charge in [-0.3, -0.25) is 14.5 Å². The number of carbonyl (C=O) groups excluding carboxylic acids is 2. The molecular weight excluding hydrogens is 382 g/mol. The minimum atomic E-state index is -0.709. The van der Waals surface area contributed by atoms with Crippen molar-refractivity contribution < 1.29 is 24.2 Å². The average Bonchev–Trinajstić information content (AvgIpc) is 2.89. The van der Waals surface area contributed by atoms with Gasteiger partial charge in [0.2, 0.25) is 0 Å². The average molecular weight is 409 g/mol. The van der Waals surface area contributed by atoms with E-state index in [0.717, 1.165) is 16.0 Å². The second-order valence-corrected chi connectivity index (χ2v) is 7.89. The van der Waals surface area contributed by atoms with Gasteiger partial charge in [-0.25, -0.2) is 0 Å². The van der Waals surface area contributed by atoms with Gasteiger partial charge in [0.25, 0.3) is 11.8 Å². The number of aryl methyl sites for hydroxylation is 2. The third-order valence-electron chi connectivity index (χ3n) is 4.65. The molecule has 0 aromatic heterocycles. The van der Waals surface area contributed by atoms with E-state index in [2.05, 4.69) is 13.8 Å². The largest absolute Gasteiger partial charge is 0.502 e. The number of hydrogen-bond donors (Lipinski definition) is 1. The van der Waals surface area contributed by atoms with Gasteiger partial charge in [-0.2, -0.15) is 0 Å². The molecule has 6 nitrogen and oxygen atoms in total. The summed E-state index contributed by atoms with van der Waals surface area (Å²) in [7, 11) is 0. The Bertz CT molecular complexity index is 955. The lowest BCUT2D eigenvalue weighted by Gasteiger charge is -2.15. The second kappa shape index (κ2) is 9.03. The van der Waals surface area contributed by atoms with Gasteiger partial charge in [-0.1, -0.05) is 32.0 Å². The van der Waals surface area contributed by atoms with E-state index in [9.17, 15) is 14.7 Å². The van der Waals surface area contributed by atoms with Gasteiger partial charge in [-0.15, -0.1) is 0 Å². The van der Waals surface area contributed by atoms with Gasteiger partial charge in [0, 0.05) is 0 Å². The quantitative estimate of drug-likeness (QED) is 0.666. The Hall–Kier alpha value is -3.28. The van der Waals surface area contributed by atoms with Crippen LogP contribution in [0.15, 0.2) is 48.2 Å². The van der Waals surface area contributed by atoms with E-state index in [0.29, 0.717) is 29.6 Å². The van der Waals surface area contributed by atoms with Crippen LogP contribution in [0.3, 0.4) is 0 Å². The number of hydrogen-bond acceptors (Lipinski definition) is 5. The normalized spacial score (nSPS) is 14.1. The topological polar surface area (TPSA) is 76.1 Å². The van der Waals surface area contributed by atoms with E-state index in [4.69, 9.17) is 9.47 Å². The predicted molar refractivity (Wildman–Crippen MR) is 114 cm³/mol. The third-order valence-corrected chi connectivity index (χ3v) is 4.65. The molecule has 6 heteroatoms. The SMILES string of the molecule is Cc1cc(C)cc(OCCN2C(=O)C(O)=C(c3ccc(OCC(C)C)cc3)C2=O)c1. The minimum Gasteiger partial charge on any atom is -0.502 e. The molecule has 2 aromatic rings. The molecule has 3 rings (SSSR count). The molecule has 158 valence electrons. The Morgan fingerprint density at radius 2 is 1.53 bits per heavy atom. The first-order valence-electron chi connectivity index (χ1n) is 10.00. The molecule has 1 aliphatic rings. The van der Waals surface area contributed by atoms with Gasteiger partial charge < -0.3 is 14.6 Å². The first-order chi connectivity index (χ1) is 14.3. The van der Waals surface area contributed by atoms with Crippen molar-refractivity contribution in [2.45, 2.75) is 27.7 Å². The summed E-state index contributed by atoms with van der Waals surface area (Å²) >= 11 is 0. The van der Waals surface area contributed by atoms with Crippen LogP contribution in [0.2, 0.25) is 0 Å². The van der Waals surface area contributed by atoms with Crippen LogP contribution >= 0.6 is 0 Å². The number of aliphatic hydroxyl groups is 1. The number of amides is 2. The molecule has 0 bridgehead atoms. The van der Waals surface area contributed by atoms with Gasteiger partial charge in [0.1, 0.15) is 18.1 Å². The fraction of sp³-hybridized carbons (Fsp3) is 0.333. The van der Waals surface area contributed by atoms with Gasteiger partial charge in [0.05, 0.1) is 18.7 Å². The van der Waals surface area contributed by atoms with Crippen molar-refractivity contribution in [2.24, 2.45) is 5.92 Å². The van der Waals surface area contributed by atoms with Crippen LogP contribution in [0.25, 0.3) is 5.57 Å². The van der Waals surface area contributed by atoms with Crippen LogP contribution in [0.4, 0.5) is 0 Å². The Morgan fingerprint density at radius 1 is 0.900 bits per heavy atom.